The lowest BCUT2D eigenvalue weighted by Gasteiger charge is -2.26. The molecule has 1 aliphatic carbocycles. The minimum absolute atomic E-state index is 0.0718. The second-order valence-corrected chi connectivity index (χ2v) is 4.34. The van der Waals surface area contributed by atoms with Crippen LogP contribution in [0.3, 0.4) is 0 Å². The van der Waals surface area contributed by atoms with Gasteiger partial charge in [0.25, 0.3) is 0 Å². The van der Waals surface area contributed by atoms with Crippen LogP contribution in [0.25, 0.3) is 0 Å². The first-order valence-electron chi connectivity index (χ1n) is 6.25. The van der Waals surface area contributed by atoms with E-state index < -0.39 is 23.8 Å². The van der Waals surface area contributed by atoms with Crippen molar-refractivity contribution >= 4 is 11.9 Å². The second-order valence-electron chi connectivity index (χ2n) is 4.34. The van der Waals surface area contributed by atoms with Crippen molar-refractivity contribution in [2.75, 3.05) is 26.4 Å². The van der Waals surface area contributed by atoms with Gasteiger partial charge < -0.3 is 19.7 Å². The Hall–Kier alpha value is -1.14. The summed E-state index contributed by atoms with van der Waals surface area (Å²) in [6.45, 7) is 0.453. The first-order valence-corrected chi connectivity index (χ1v) is 6.25. The van der Waals surface area contributed by atoms with Gasteiger partial charge in [0.05, 0.1) is 31.7 Å². The highest BCUT2D eigenvalue weighted by molar-refractivity contribution is 5.81. The number of aliphatic hydroxyl groups is 1. The largest absolute Gasteiger partial charge is 0.481 e. The predicted octanol–water partition coefficient (Wildman–Crippen LogP) is 0.430. The number of aliphatic hydroxyl groups excluding tert-OH is 1. The van der Waals surface area contributed by atoms with Crippen LogP contribution in [0.1, 0.15) is 25.7 Å². The Bertz CT molecular complexity index is 278. The molecule has 0 aromatic heterocycles. The van der Waals surface area contributed by atoms with Crippen LogP contribution in [0.4, 0.5) is 0 Å². The van der Waals surface area contributed by atoms with E-state index in [0.29, 0.717) is 12.8 Å². The first kappa shape index (κ1) is 14.9. The molecular formula is C12H20O6. The third-order valence-corrected chi connectivity index (χ3v) is 3.09. The Morgan fingerprint density at radius 2 is 1.72 bits per heavy atom. The maximum absolute atomic E-state index is 11.8. The third-order valence-electron chi connectivity index (χ3n) is 3.09. The molecule has 18 heavy (non-hydrogen) atoms. The van der Waals surface area contributed by atoms with Gasteiger partial charge in [0.15, 0.2) is 0 Å². The number of hydrogen-bond acceptors (Lipinski definition) is 5. The van der Waals surface area contributed by atoms with Crippen molar-refractivity contribution in [1.82, 2.24) is 0 Å². The number of carboxylic acid groups (broad SMARTS) is 1. The number of aliphatic carboxylic acids is 1. The van der Waals surface area contributed by atoms with Crippen LogP contribution in [-0.2, 0) is 19.1 Å². The highest BCUT2D eigenvalue weighted by Crippen LogP contribution is 2.31. The minimum Gasteiger partial charge on any atom is -0.481 e. The first-order chi connectivity index (χ1) is 8.66. The summed E-state index contributed by atoms with van der Waals surface area (Å²) in [6, 6.07) is 0. The van der Waals surface area contributed by atoms with Crippen LogP contribution in [0.5, 0.6) is 0 Å². The highest BCUT2D eigenvalue weighted by Gasteiger charge is 2.36. The van der Waals surface area contributed by atoms with E-state index in [1.54, 1.807) is 0 Å². The fourth-order valence-electron chi connectivity index (χ4n) is 2.18. The zero-order valence-corrected chi connectivity index (χ0v) is 10.3. The Kier molecular flexibility index (Phi) is 6.67. The standard InChI is InChI=1S/C12H20O6/c13-5-6-17-7-8-18-12(16)10-4-2-1-3-9(10)11(14)15/h9-10,13H,1-8H2,(H,14,15). The molecule has 2 unspecified atom stereocenters. The summed E-state index contributed by atoms with van der Waals surface area (Å²) in [4.78, 5) is 22.8. The number of carbonyl (C=O) groups excluding carboxylic acids is 1. The summed E-state index contributed by atoms with van der Waals surface area (Å²) in [7, 11) is 0. The van der Waals surface area contributed by atoms with E-state index in [2.05, 4.69) is 0 Å². The molecule has 0 heterocycles. The molecule has 6 heteroatoms. The number of hydrogen-bond donors (Lipinski definition) is 2. The minimum atomic E-state index is -0.923. The van der Waals surface area contributed by atoms with Gasteiger partial charge >= 0.3 is 11.9 Å². The molecule has 104 valence electrons. The fraction of sp³-hybridized carbons (Fsp3) is 0.833. The van der Waals surface area contributed by atoms with Gasteiger partial charge in [-0.3, -0.25) is 9.59 Å². The summed E-state index contributed by atoms with van der Waals surface area (Å²) >= 11 is 0. The van der Waals surface area contributed by atoms with Gasteiger partial charge in [0.2, 0.25) is 0 Å². The van der Waals surface area contributed by atoms with E-state index in [-0.39, 0.29) is 26.4 Å². The second kappa shape index (κ2) is 8.05. The summed E-state index contributed by atoms with van der Waals surface area (Å²) < 4.78 is 9.95. The third kappa shape index (κ3) is 4.62. The molecule has 1 rings (SSSR count). The molecule has 2 N–H and O–H groups in total. The SMILES string of the molecule is O=C(O)C1CCCCC1C(=O)OCCOCCO. The zero-order valence-electron chi connectivity index (χ0n) is 10.3. The number of esters is 1. The fourth-order valence-corrected chi connectivity index (χ4v) is 2.18. The van der Waals surface area contributed by atoms with E-state index in [1.807, 2.05) is 0 Å². The molecule has 0 aromatic carbocycles. The lowest BCUT2D eigenvalue weighted by Crippen LogP contribution is -2.34. The molecule has 0 spiro atoms. The van der Waals surface area contributed by atoms with Gasteiger partial charge in [-0.2, -0.15) is 0 Å². The lowest BCUT2D eigenvalue weighted by atomic mass is 9.79. The van der Waals surface area contributed by atoms with Gasteiger partial charge in [-0.25, -0.2) is 0 Å². The predicted molar refractivity (Wildman–Crippen MR) is 61.9 cm³/mol. The zero-order chi connectivity index (χ0) is 13.4. The van der Waals surface area contributed by atoms with Crippen LogP contribution in [0.2, 0.25) is 0 Å². The van der Waals surface area contributed by atoms with Crippen LogP contribution >= 0.6 is 0 Å². The molecule has 0 amide bonds. The molecule has 1 aliphatic rings. The van der Waals surface area contributed by atoms with Crippen molar-refractivity contribution in [2.24, 2.45) is 11.8 Å². The van der Waals surface area contributed by atoms with E-state index in [0.717, 1.165) is 12.8 Å². The molecule has 0 bridgehead atoms. The maximum atomic E-state index is 11.8. The Morgan fingerprint density at radius 1 is 1.06 bits per heavy atom. The summed E-state index contributed by atoms with van der Waals surface area (Å²) in [5.74, 6) is -2.53. The van der Waals surface area contributed by atoms with Crippen LogP contribution < -0.4 is 0 Å². The van der Waals surface area contributed by atoms with Crippen molar-refractivity contribution in [3.05, 3.63) is 0 Å². The quantitative estimate of drug-likeness (QED) is 0.509. The number of carboxylic acids is 1. The van der Waals surface area contributed by atoms with E-state index in [4.69, 9.17) is 19.7 Å². The van der Waals surface area contributed by atoms with Crippen molar-refractivity contribution in [3.8, 4) is 0 Å². The van der Waals surface area contributed by atoms with E-state index >= 15 is 0 Å². The molecule has 6 nitrogen and oxygen atoms in total. The van der Waals surface area contributed by atoms with Gasteiger partial charge in [0, 0.05) is 0 Å². The Balaban J connectivity index is 2.32. The maximum Gasteiger partial charge on any atom is 0.309 e. The molecule has 0 saturated heterocycles. The van der Waals surface area contributed by atoms with Gasteiger partial charge in [-0.15, -0.1) is 0 Å². The molecule has 2 atom stereocenters. The average Bonchev–Trinajstić information content (AvgIpc) is 2.38. The van der Waals surface area contributed by atoms with Gasteiger partial charge in [-0.1, -0.05) is 12.8 Å². The Labute approximate surface area is 106 Å². The smallest absolute Gasteiger partial charge is 0.309 e. The number of carbonyl (C=O) groups is 2. The van der Waals surface area contributed by atoms with Crippen molar-refractivity contribution in [2.45, 2.75) is 25.7 Å². The highest BCUT2D eigenvalue weighted by atomic mass is 16.6. The molecule has 1 saturated carbocycles. The molecule has 1 fully saturated rings. The topological polar surface area (TPSA) is 93.1 Å². The number of rotatable bonds is 7. The monoisotopic (exact) mass is 260 g/mol. The molecular weight excluding hydrogens is 240 g/mol. The molecule has 0 radical (unpaired) electrons. The summed E-state index contributed by atoms with van der Waals surface area (Å²) in [6.07, 6.45) is 2.83. The van der Waals surface area contributed by atoms with Crippen LogP contribution in [0, 0.1) is 11.8 Å². The Morgan fingerprint density at radius 3 is 2.33 bits per heavy atom. The van der Waals surface area contributed by atoms with Crippen molar-refractivity contribution in [3.63, 3.8) is 0 Å². The van der Waals surface area contributed by atoms with Crippen molar-refractivity contribution < 1.29 is 29.3 Å². The van der Waals surface area contributed by atoms with E-state index in [9.17, 15) is 9.59 Å². The number of ether oxygens (including phenoxy) is 2. The van der Waals surface area contributed by atoms with Gasteiger partial charge in [-0.05, 0) is 12.8 Å². The van der Waals surface area contributed by atoms with Gasteiger partial charge in [0.1, 0.15) is 6.61 Å². The normalized spacial score (nSPS) is 23.6. The summed E-state index contributed by atoms with van der Waals surface area (Å²) in [5.41, 5.74) is 0. The lowest BCUT2D eigenvalue weighted by molar-refractivity contribution is -0.160. The van der Waals surface area contributed by atoms with Crippen molar-refractivity contribution in [1.29, 1.82) is 0 Å². The van der Waals surface area contributed by atoms with Crippen LogP contribution in [0.15, 0.2) is 0 Å². The van der Waals surface area contributed by atoms with Crippen LogP contribution in [-0.4, -0.2) is 48.6 Å². The molecule has 0 aromatic rings. The summed E-state index contributed by atoms with van der Waals surface area (Å²) in [5, 5.41) is 17.5. The van der Waals surface area contributed by atoms with E-state index in [1.165, 1.54) is 0 Å². The average molecular weight is 260 g/mol. The molecule has 0 aliphatic heterocycles.